The van der Waals surface area contributed by atoms with Gasteiger partial charge in [0.05, 0.1) is 19.2 Å². The van der Waals surface area contributed by atoms with Gasteiger partial charge < -0.3 is 14.5 Å². The molecule has 0 atom stereocenters. The van der Waals surface area contributed by atoms with E-state index in [1.54, 1.807) is 19.2 Å². The van der Waals surface area contributed by atoms with Crippen LogP contribution in [0.2, 0.25) is 0 Å². The largest absolute Gasteiger partial charge is 0.497 e. The van der Waals surface area contributed by atoms with Gasteiger partial charge in [-0.05, 0) is 42.3 Å². The Balaban J connectivity index is 1.44. The molecule has 0 spiro atoms. The highest BCUT2D eigenvalue weighted by atomic mass is 16.5. The number of rotatable bonds is 5. The van der Waals surface area contributed by atoms with Gasteiger partial charge in [0.25, 0.3) is 5.56 Å². The van der Waals surface area contributed by atoms with Crippen molar-refractivity contribution in [1.82, 2.24) is 14.7 Å². The summed E-state index contributed by atoms with van der Waals surface area (Å²) in [6, 6.07) is 20.3. The average molecular weight is 418 g/mol. The minimum Gasteiger partial charge on any atom is -0.497 e. The van der Waals surface area contributed by atoms with Crippen LogP contribution in [0.5, 0.6) is 5.75 Å². The smallest absolute Gasteiger partial charge is 0.271 e. The molecule has 0 unspecified atom stereocenters. The van der Waals surface area contributed by atoms with Crippen molar-refractivity contribution < 1.29 is 9.53 Å². The molecule has 0 N–H and O–H groups in total. The molecular weight excluding hydrogens is 392 g/mol. The monoisotopic (exact) mass is 418 g/mol. The summed E-state index contributed by atoms with van der Waals surface area (Å²) in [4.78, 5) is 29.2. The van der Waals surface area contributed by atoms with Crippen molar-refractivity contribution in [3.8, 4) is 11.4 Å². The van der Waals surface area contributed by atoms with Gasteiger partial charge in [-0.3, -0.25) is 9.59 Å². The second-order valence-corrected chi connectivity index (χ2v) is 7.53. The summed E-state index contributed by atoms with van der Waals surface area (Å²) >= 11 is 0. The van der Waals surface area contributed by atoms with Crippen molar-refractivity contribution in [1.29, 1.82) is 0 Å². The fraction of sp³-hybridized carbons (Fsp3) is 0.292. The second-order valence-electron chi connectivity index (χ2n) is 7.53. The van der Waals surface area contributed by atoms with Gasteiger partial charge in [-0.25, -0.2) is 0 Å². The number of carbonyl (C=O) groups excluding carboxylic acids is 1. The second kappa shape index (κ2) is 9.47. The molecule has 0 radical (unpaired) electrons. The topological polar surface area (TPSA) is 67.7 Å². The fourth-order valence-electron chi connectivity index (χ4n) is 3.79. The molecule has 1 amide bonds. The maximum absolute atomic E-state index is 12.9. The maximum Gasteiger partial charge on any atom is 0.271 e. The lowest BCUT2D eigenvalue weighted by Crippen LogP contribution is -2.36. The lowest BCUT2D eigenvalue weighted by Gasteiger charge is -2.23. The molecule has 1 saturated heterocycles. The van der Waals surface area contributed by atoms with E-state index in [0.717, 1.165) is 35.8 Å². The van der Waals surface area contributed by atoms with Crippen molar-refractivity contribution in [2.75, 3.05) is 38.2 Å². The quantitative estimate of drug-likeness (QED) is 0.637. The summed E-state index contributed by atoms with van der Waals surface area (Å²) in [5, 5.41) is 4.58. The minimum absolute atomic E-state index is 0.109. The SMILES string of the molecule is COc1cccc(CC(=O)N2CCCN(c3ccc(=O)n(-c4ccccc4)n3)CC2)c1. The van der Waals surface area contributed by atoms with Crippen molar-refractivity contribution in [3.63, 3.8) is 0 Å². The first-order valence-electron chi connectivity index (χ1n) is 10.5. The van der Waals surface area contributed by atoms with Gasteiger partial charge in [-0.1, -0.05) is 30.3 Å². The summed E-state index contributed by atoms with van der Waals surface area (Å²) < 4.78 is 6.67. The van der Waals surface area contributed by atoms with Gasteiger partial charge in [0.15, 0.2) is 0 Å². The molecule has 7 nitrogen and oxygen atoms in total. The van der Waals surface area contributed by atoms with E-state index in [-0.39, 0.29) is 11.5 Å². The van der Waals surface area contributed by atoms with Crippen molar-refractivity contribution in [3.05, 3.63) is 82.6 Å². The molecule has 3 aromatic rings. The van der Waals surface area contributed by atoms with Crippen LogP contribution in [0.1, 0.15) is 12.0 Å². The maximum atomic E-state index is 12.9. The third-order valence-electron chi connectivity index (χ3n) is 5.45. The molecule has 0 bridgehead atoms. The highest BCUT2D eigenvalue weighted by Gasteiger charge is 2.21. The average Bonchev–Trinajstić information content (AvgIpc) is 3.07. The lowest BCUT2D eigenvalue weighted by atomic mass is 10.1. The molecule has 7 heteroatoms. The number of hydrogen-bond acceptors (Lipinski definition) is 5. The van der Waals surface area contributed by atoms with E-state index in [1.807, 2.05) is 59.5 Å². The molecule has 31 heavy (non-hydrogen) atoms. The Morgan fingerprint density at radius 3 is 2.61 bits per heavy atom. The van der Waals surface area contributed by atoms with Crippen LogP contribution in [-0.4, -0.2) is 53.9 Å². The highest BCUT2D eigenvalue weighted by molar-refractivity contribution is 5.79. The Labute approximate surface area is 181 Å². The van der Waals surface area contributed by atoms with Gasteiger partial charge in [-0.2, -0.15) is 4.68 Å². The summed E-state index contributed by atoms with van der Waals surface area (Å²) in [5.74, 6) is 1.61. The summed E-state index contributed by atoms with van der Waals surface area (Å²) in [6.45, 7) is 2.78. The first-order valence-corrected chi connectivity index (χ1v) is 10.5. The Morgan fingerprint density at radius 2 is 1.81 bits per heavy atom. The van der Waals surface area contributed by atoms with E-state index < -0.39 is 0 Å². The van der Waals surface area contributed by atoms with E-state index in [2.05, 4.69) is 10.00 Å². The molecule has 1 fully saturated rings. The number of ether oxygens (including phenoxy) is 1. The van der Waals surface area contributed by atoms with Crippen molar-refractivity contribution in [2.24, 2.45) is 0 Å². The molecule has 1 aliphatic rings. The molecule has 0 aliphatic carbocycles. The molecule has 0 saturated carbocycles. The summed E-state index contributed by atoms with van der Waals surface area (Å²) in [5.41, 5.74) is 1.51. The van der Waals surface area contributed by atoms with Crippen LogP contribution in [0.25, 0.3) is 5.69 Å². The van der Waals surface area contributed by atoms with Crippen LogP contribution in [0, 0.1) is 0 Å². The third-order valence-corrected chi connectivity index (χ3v) is 5.45. The van der Waals surface area contributed by atoms with Crippen molar-refractivity contribution in [2.45, 2.75) is 12.8 Å². The van der Waals surface area contributed by atoms with E-state index in [1.165, 1.54) is 4.68 Å². The van der Waals surface area contributed by atoms with Gasteiger partial charge in [-0.15, -0.1) is 5.10 Å². The number of hydrogen-bond donors (Lipinski definition) is 0. The Bertz CT molecular complexity index is 1100. The van der Waals surface area contributed by atoms with E-state index >= 15 is 0 Å². The van der Waals surface area contributed by atoms with Gasteiger partial charge in [0.1, 0.15) is 11.6 Å². The van der Waals surface area contributed by atoms with E-state index in [9.17, 15) is 9.59 Å². The zero-order valence-corrected chi connectivity index (χ0v) is 17.6. The van der Waals surface area contributed by atoms with Crippen LogP contribution in [0.15, 0.2) is 71.5 Å². The molecule has 1 aromatic heterocycles. The number of benzene rings is 2. The number of carbonyl (C=O) groups is 1. The number of aromatic nitrogens is 2. The van der Waals surface area contributed by atoms with E-state index in [0.29, 0.717) is 26.1 Å². The van der Waals surface area contributed by atoms with Crippen molar-refractivity contribution >= 4 is 11.7 Å². The van der Waals surface area contributed by atoms with Crippen LogP contribution in [0.3, 0.4) is 0 Å². The number of methoxy groups -OCH3 is 1. The first-order chi connectivity index (χ1) is 15.1. The molecule has 2 aromatic carbocycles. The van der Waals surface area contributed by atoms with Gasteiger partial charge >= 0.3 is 0 Å². The Kier molecular flexibility index (Phi) is 6.31. The number of nitrogens with zero attached hydrogens (tertiary/aromatic N) is 4. The van der Waals surface area contributed by atoms with Gasteiger partial charge in [0, 0.05) is 32.2 Å². The highest BCUT2D eigenvalue weighted by Crippen LogP contribution is 2.16. The minimum atomic E-state index is -0.167. The zero-order chi connectivity index (χ0) is 21.6. The molecular formula is C24H26N4O3. The number of para-hydroxylation sites is 1. The molecule has 1 aliphatic heterocycles. The number of amides is 1. The van der Waals surface area contributed by atoms with Crippen LogP contribution in [0.4, 0.5) is 5.82 Å². The molecule has 2 heterocycles. The molecule has 4 rings (SSSR count). The predicted octanol–water partition coefficient (Wildman–Crippen LogP) is 2.52. The summed E-state index contributed by atoms with van der Waals surface area (Å²) in [6.07, 6.45) is 1.20. The fourth-order valence-corrected chi connectivity index (χ4v) is 3.79. The van der Waals surface area contributed by atoms with Crippen LogP contribution >= 0.6 is 0 Å². The Hall–Kier alpha value is -3.61. The normalized spacial score (nSPS) is 14.2. The predicted molar refractivity (Wildman–Crippen MR) is 120 cm³/mol. The zero-order valence-electron chi connectivity index (χ0n) is 17.6. The standard InChI is InChI=1S/C24H26N4O3/c1-31-21-10-5-7-19(17-21)18-24(30)27-14-6-13-26(15-16-27)22-11-12-23(29)28(25-22)20-8-3-2-4-9-20/h2-5,7-12,17H,6,13-16,18H2,1H3. The molecule has 160 valence electrons. The first kappa shape index (κ1) is 20.7. The van der Waals surface area contributed by atoms with Crippen LogP contribution < -0.4 is 15.2 Å². The number of anilines is 1. The van der Waals surface area contributed by atoms with E-state index in [4.69, 9.17) is 4.74 Å². The summed E-state index contributed by atoms with van der Waals surface area (Å²) in [7, 11) is 1.62. The Morgan fingerprint density at radius 1 is 0.968 bits per heavy atom. The lowest BCUT2D eigenvalue weighted by molar-refractivity contribution is -0.130. The van der Waals surface area contributed by atoms with Crippen LogP contribution in [-0.2, 0) is 11.2 Å². The van der Waals surface area contributed by atoms with Gasteiger partial charge in [0.2, 0.25) is 5.91 Å². The third kappa shape index (κ3) is 4.94.